The minimum Gasteiger partial charge on any atom is -0.367 e. The molecule has 0 saturated carbocycles. The van der Waals surface area contributed by atoms with Gasteiger partial charge in [-0.1, -0.05) is 18.2 Å². The fraction of sp³-hybridized carbons (Fsp3) is 0.312. The molecule has 0 bridgehead atoms. The minimum absolute atomic E-state index is 0.504. The Labute approximate surface area is 114 Å². The van der Waals surface area contributed by atoms with Crippen LogP contribution in [0.25, 0.3) is 11.1 Å². The van der Waals surface area contributed by atoms with Crippen LogP contribution < -0.4 is 10.6 Å². The first-order valence-electron chi connectivity index (χ1n) is 6.85. The molecule has 98 valence electrons. The summed E-state index contributed by atoms with van der Waals surface area (Å²) in [4.78, 5) is 6.58. The van der Waals surface area contributed by atoms with Crippen LogP contribution in [0, 0.1) is 0 Å². The predicted molar refractivity (Wildman–Crippen MR) is 79.1 cm³/mol. The third kappa shape index (κ3) is 2.47. The number of hydrogen-bond acceptors (Lipinski definition) is 3. The van der Waals surface area contributed by atoms with Crippen LogP contribution in [-0.4, -0.2) is 24.1 Å². The molecule has 1 atom stereocenters. The molecule has 3 rings (SSSR count). The second kappa shape index (κ2) is 5.41. The van der Waals surface area contributed by atoms with E-state index in [1.165, 1.54) is 24.1 Å². The molecule has 1 unspecified atom stereocenters. The molecule has 2 heterocycles. The van der Waals surface area contributed by atoms with Crippen molar-refractivity contribution in [3.05, 3.63) is 48.8 Å². The summed E-state index contributed by atoms with van der Waals surface area (Å²) in [6, 6.07) is 13.3. The lowest BCUT2D eigenvalue weighted by atomic mass is 10.1. The van der Waals surface area contributed by atoms with Crippen LogP contribution in [0.4, 0.5) is 5.69 Å². The van der Waals surface area contributed by atoms with E-state index in [2.05, 4.69) is 40.2 Å². The SMILES string of the molecule is NCC1CCCN1c1ccc(-c2cccnc2)cc1. The van der Waals surface area contributed by atoms with Crippen LogP contribution in [0.5, 0.6) is 0 Å². The second-order valence-electron chi connectivity index (χ2n) is 5.01. The van der Waals surface area contributed by atoms with Gasteiger partial charge in [0.15, 0.2) is 0 Å². The zero-order valence-corrected chi connectivity index (χ0v) is 11.0. The van der Waals surface area contributed by atoms with E-state index in [1.54, 1.807) is 6.20 Å². The predicted octanol–water partition coefficient (Wildman–Crippen LogP) is 2.68. The molecule has 0 aliphatic carbocycles. The van der Waals surface area contributed by atoms with Crippen molar-refractivity contribution in [1.29, 1.82) is 0 Å². The largest absolute Gasteiger partial charge is 0.367 e. The van der Waals surface area contributed by atoms with Crippen molar-refractivity contribution < 1.29 is 0 Å². The molecule has 2 N–H and O–H groups in total. The Bertz CT molecular complexity index is 521. The summed E-state index contributed by atoms with van der Waals surface area (Å²) >= 11 is 0. The smallest absolute Gasteiger partial charge is 0.0412 e. The maximum absolute atomic E-state index is 5.83. The van der Waals surface area contributed by atoms with Gasteiger partial charge in [0, 0.05) is 37.2 Å². The topological polar surface area (TPSA) is 42.1 Å². The molecule has 3 heteroatoms. The molecule has 1 aliphatic rings. The van der Waals surface area contributed by atoms with Gasteiger partial charge in [-0.15, -0.1) is 0 Å². The van der Waals surface area contributed by atoms with Crippen molar-refractivity contribution in [1.82, 2.24) is 4.98 Å². The van der Waals surface area contributed by atoms with E-state index in [1.807, 2.05) is 12.3 Å². The summed E-state index contributed by atoms with van der Waals surface area (Å²) in [5.74, 6) is 0. The van der Waals surface area contributed by atoms with E-state index in [4.69, 9.17) is 5.73 Å². The Morgan fingerprint density at radius 3 is 2.68 bits per heavy atom. The van der Waals surface area contributed by atoms with Gasteiger partial charge in [-0.3, -0.25) is 4.98 Å². The molecule has 19 heavy (non-hydrogen) atoms. The van der Waals surface area contributed by atoms with Crippen molar-refractivity contribution in [2.24, 2.45) is 5.73 Å². The highest BCUT2D eigenvalue weighted by Crippen LogP contribution is 2.27. The van der Waals surface area contributed by atoms with E-state index in [-0.39, 0.29) is 0 Å². The molecule has 1 saturated heterocycles. The highest BCUT2D eigenvalue weighted by Gasteiger charge is 2.23. The van der Waals surface area contributed by atoms with Gasteiger partial charge in [-0.2, -0.15) is 0 Å². The third-order valence-electron chi connectivity index (χ3n) is 3.84. The minimum atomic E-state index is 0.504. The van der Waals surface area contributed by atoms with Gasteiger partial charge in [0.2, 0.25) is 0 Å². The van der Waals surface area contributed by atoms with E-state index in [0.717, 1.165) is 18.7 Å². The highest BCUT2D eigenvalue weighted by molar-refractivity contribution is 5.65. The van der Waals surface area contributed by atoms with Crippen molar-refractivity contribution in [3.8, 4) is 11.1 Å². The number of rotatable bonds is 3. The van der Waals surface area contributed by atoms with Crippen molar-refractivity contribution >= 4 is 5.69 Å². The van der Waals surface area contributed by atoms with Crippen LogP contribution in [0.2, 0.25) is 0 Å². The van der Waals surface area contributed by atoms with E-state index >= 15 is 0 Å². The summed E-state index contributed by atoms with van der Waals surface area (Å²) in [6.45, 7) is 1.86. The molecule has 0 radical (unpaired) electrons. The van der Waals surface area contributed by atoms with E-state index in [9.17, 15) is 0 Å². The summed E-state index contributed by atoms with van der Waals surface area (Å²) in [5.41, 5.74) is 9.48. The van der Waals surface area contributed by atoms with Gasteiger partial charge in [-0.25, -0.2) is 0 Å². The zero-order valence-electron chi connectivity index (χ0n) is 11.0. The number of aromatic nitrogens is 1. The van der Waals surface area contributed by atoms with Gasteiger partial charge in [0.1, 0.15) is 0 Å². The van der Waals surface area contributed by atoms with E-state index in [0.29, 0.717) is 6.04 Å². The fourth-order valence-electron chi connectivity index (χ4n) is 2.80. The summed E-state index contributed by atoms with van der Waals surface area (Å²) < 4.78 is 0. The maximum Gasteiger partial charge on any atom is 0.0412 e. The zero-order chi connectivity index (χ0) is 13.1. The number of nitrogens with zero attached hydrogens (tertiary/aromatic N) is 2. The molecule has 0 amide bonds. The lowest BCUT2D eigenvalue weighted by Gasteiger charge is -2.25. The molecule has 2 aromatic rings. The van der Waals surface area contributed by atoms with Gasteiger partial charge in [0.05, 0.1) is 0 Å². The number of anilines is 1. The molecular weight excluding hydrogens is 234 g/mol. The Morgan fingerprint density at radius 1 is 1.16 bits per heavy atom. The Hall–Kier alpha value is -1.87. The number of nitrogens with two attached hydrogens (primary N) is 1. The van der Waals surface area contributed by atoms with Crippen molar-refractivity contribution in [2.75, 3.05) is 18.0 Å². The molecule has 1 fully saturated rings. The highest BCUT2D eigenvalue weighted by atomic mass is 15.2. The molecule has 0 spiro atoms. The van der Waals surface area contributed by atoms with E-state index < -0.39 is 0 Å². The second-order valence-corrected chi connectivity index (χ2v) is 5.01. The first-order valence-corrected chi connectivity index (χ1v) is 6.85. The van der Waals surface area contributed by atoms with Gasteiger partial charge in [-0.05, 0) is 42.2 Å². The number of benzene rings is 1. The monoisotopic (exact) mass is 253 g/mol. The average Bonchev–Trinajstić information content (AvgIpc) is 2.97. The van der Waals surface area contributed by atoms with Crippen molar-refractivity contribution in [2.45, 2.75) is 18.9 Å². The normalized spacial score (nSPS) is 18.8. The molecule has 1 aromatic carbocycles. The van der Waals surface area contributed by atoms with Gasteiger partial charge < -0.3 is 10.6 Å². The first-order chi connectivity index (χ1) is 9.38. The maximum atomic E-state index is 5.83. The lowest BCUT2D eigenvalue weighted by Crippen LogP contribution is -2.35. The third-order valence-corrected chi connectivity index (χ3v) is 3.84. The Morgan fingerprint density at radius 2 is 2.00 bits per heavy atom. The number of pyridine rings is 1. The fourth-order valence-corrected chi connectivity index (χ4v) is 2.80. The summed E-state index contributed by atoms with van der Waals surface area (Å²) in [6.07, 6.45) is 6.15. The summed E-state index contributed by atoms with van der Waals surface area (Å²) in [7, 11) is 0. The molecule has 3 nitrogen and oxygen atoms in total. The van der Waals surface area contributed by atoms with Crippen molar-refractivity contribution in [3.63, 3.8) is 0 Å². The van der Waals surface area contributed by atoms with Crippen LogP contribution in [0.15, 0.2) is 48.8 Å². The van der Waals surface area contributed by atoms with Gasteiger partial charge in [0.25, 0.3) is 0 Å². The Kier molecular flexibility index (Phi) is 3.47. The lowest BCUT2D eigenvalue weighted by molar-refractivity contribution is 0.677. The summed E-state index contributed by atoms with van der Waals surface area (Å²) in [5, 5.41) is 0. The molecule has 1 aliphatic heterocycles. The number of hydrogen-bond donors (Lipinski definition) is 1. The average molecular weight is 253 g/mol. The molecular formula is C16H19N3. The standard InChI is InChI=1S/C16H19N3/c17-11-16-4-2-10-19(16)15-7-5-13(6-8-15)14-3-1-9-18-12-14/h1,3,5-9,12,16H,2,4,10-11,17H2. The van der Waals surface area contributed by atoms with Gasteiger partial charge >= 0.3 is 0 Å². The van der Waals surface area contributed by atoms with Crippen LogP contribution >= 0.6 is 0 Å². The Balaban J connectivity index is 1.83. The van der Waals surface area contributed by atoms with Crippen LogP contribution in [0.1, 0.15) is 12.8 Å². The quantitative estimate of drug-likeness (QED) is 0.914. The van der Waals surface area contributed by atoms with Crippen LogP contribution in [0.3, 0.4) is 0 Å². The molecule has 1 aromatic heterocycles. The van der Waals surface area contributed by atoms with Crippen LogP contribution in [-0.2, 0) is 0 Å². The first kappa shape index (κ1) is 12.2.